The molecule has 0 saturated heterocycles. The second-order valence-electron chi connectivity index (χ2n) is 0. The normalized spacial score (nSPS) is 0. The van der Waals surface area contributed by atoms with Crippen molar-refractivity contribution in [3.63, 3.8) is 0 Å². The van der Waals surface area contributed by atoms with Gasteiger partial charge in [0.05, 0.1) is 0 Å². The summed E-state index contributed by atoms with van der Waals surface area (Å²) in [5.74, 6) is 0. The fraction of sp³-hybridized carbons (Fsp3) is 0. The molecule has 0 bridgehead atoms. The SMILES string of the molecule is [AlH3].[Fe].[PbH2].[Th]. The summed E-state index contributed by atoms with van der Waals surface area (Å²) in [5.41, 5.74) is 0. The molecule has 0 aliphatic carbocycles. The second-order valence-corrected chi connectivity index (χ2v) is 0. The molecule has 0 aromatic rings. The first kappa shape index (κ1) is 26.6. The summed E-state index contributed by atoms with van der Waals surface area (Å²) in [6, 6.07) is 0. The van der Waals surface area contributed by atoms with Crippen molar-refractivity contribution in [3.05, 3.63) is 0 Å². The Morgan fingerprint density at radius 1 is 1.00 bits per heavy atom. The Hall–Kier alpha value is 3.30. The maximum Gasteiger partial charge on any atom is 0 e. The quantitative estimate of drug-likeness (QED) is 0.317. The Morgan fingerprint density at radius 2 is 1.00 bits per heavy atom. The van der Waals surface area contributed by atoms with E-state index in [2.05, 4.69) is 0 Å². The summed E-state index contributed by atoms with van der Waals surface area (Å²) in [6.45, 7) is 0. The van der Waals surface area contributed by atoms with Gasteiger partial charge in [0.25, 0.3) is 0 Å². The van der Waals surface area contributed by atoms with Gasteiger partial charge in [0.15, 0.2) is 17.4 Å². The molecule has 0 aromatic heterocycles. The van der Waals surface area contributed by atoms with Crippen molar-refractivity contribution in [2.24, 2.45) is 0 Å². The molecule has 4 heavy (non-hydrogen) atoms. The predicted octanol–water partition coefficient (Wildman–Crippen LogP) is -2.10. The van der Waals surface area contributed by atoms with Crippen LogP contribution < -0.4 is 0 Å². The van der Waals surface area contributed by atoms with E-state index in [1.807, 2.05) is 0 Å². The second kappa shape index (κ2) is 16.3. The summed E-state index contributed by atoms with van der Waals surface area (Å²) >= 11 is 0. The molecule has 0 aliphatic heterocycles. The van der Waals surface area contributed by atoms with Gasteiger partial charge in [0.1, 0.15) is 0 Å². The van der Waals surface area contributed by atoms with Gasteiger partial charge in [-0.15, -0.1) is 0 Å². The topological polar surface area (TPSA) is 0 Å². The van der Waals surface area contributed by atoms with Crippen LogP contribution in [0.2, 0.25) is 0 Å². The van der Waals surface area contributed by atoms with Crippen LogP contribution in [0.5, 0.6) is 0 Å². The Morgan fingerprint density at radius 3 is 1.00 bits per heavy atom. The van der Waals surface area contributed by atoms with Crippen LogP contribution >= 0.6 is 0 Å². The standard InChI is InChI=1S/Al.Fe.Pb.Th.5H. The fourth-order valence-corrected chi connectivity index (χ4v) is 0. The first-order valence-electron chi connectivity index (χ1n) is 0. The molecule has 0 spiro atoms. The minimum Gasteiger partial charge on any atom is 0 e. The van der Waals surface area contributed by atoms with Gasteiger partial charge in [-0.1, -0.05) is 0 Å². The molecule has 0 fully saturated rings. The molecular weight excluding hydrogens is 522 g/mol. The van der Waals surface area contributed by atoms with Crippen LogP contribution in [0.25, 0.3) is 0 Å². The molecule has 0 amide bonds. The third kappa shape index (κ3) is 9.00. The summed E-state index contributed by atoms with van der Waals surface area (Å²) < 4.78 is 0. The molecule has 0 aromatic carbocycles. The van der Waals surface area contributed by atoms with Crippen molar-refractivity contribution in [2.45, 2.75) is 0 Å². The Bertz CT molecular complexity index is 8.00. The molecule has 0 rings (SSSR count). The van der Waals surface area contributed by atoms with Crippen molar-refractivity contribution < 1.29 is 57.0 Å². The van der Waals surface area contributed by atoms with Gasteiger partial charge in [0.2, 0.25) is 0 Å². The van der Waals surface area contributed by atoms with Crippen molar-refractivity contribution >= 4 is 44.7 Å². The molecule has 0 atom stereocenters. The summed E-state index contributed by atoms with van der Waals surface area (Å²) in [6.07, 6.45) is 0. The molecule has 2 radical (unpaired) electrons. The zero-order chi connectivity index (χ0) is 0. The van der Waals surface area contributed by atoms with Crippen molar-refractivity contribution in [1.82, 2.24) is 0 Å². The van der Waals surface area contributed by atoms with Gasteiger partial charge in [-0.2, -0.15) is 0 Å². The van der Waals surface area contributed by atoms with Crippen LogP contribution in [0.3, 0.4) is 0 Å². The van der Waals surface area contributed by atoms with Gasteiger partial charge in [-0.05, 0) is 0 Å². The number of hydrogen-bond acceptors (Lipinski definition) is 0. The zero-order valence-electron chi connectivity index (χ0n) is 1.56. The minimum atomic E-state index is 0. The van der Waals surface area contributed by atoms with E-state index in [0.29, 0.717) is 0 Å². The van der Waals surface area contributed by atoms with E-state index in [1.165, 1.54) is 0 Å². The molecule has 0 heterocycles. The molecule has 4 heteroatoms. The zero-order valence-corrected chi connectivity index (χ0v) is 12.3. The van der Waals surface area contributed by atoms with Crippen LogP contribution in [-0.4, -0.2) is 44.7 Å². The Labute approximate surface area is 99.3 Å². The van der Waals surface area contributed by atoms with Crippen molar-refractivity contribution in [3.8, 4) is 0 Å². The van der Waals surface area contributed by atoms with Crippen LogP contribution in [0, 0.1) is 39.9 Å². The van der Waals surface area contributed by atoms with E-state index in [1.54, 1.807) is 0 Å². The van der Waals surface area contributed by atoms with Gasteiger partial charge in [0, 0.05) is 57.0 Å². The maximum atomic E-state index is 0. The predicted molar refractivity (Wildman–Crippen MR) is 18.5 cm³/mol. The van der Waals surface area contributed by atoms with Gasteiger partial charge >= 0.3 is 27.3 Å². The van der Waals surface area contributed by atoms with Crippen molar-refractivity contribution in [1.29, 1.82) is 0 Å². The number of hydrogen-bond donors (Lipinski definition) is 0. The Kier molecular flexibility index (Phi) is 108. The van der Waals surface area contributed by atoms with Gasteiger partial charge in [-0.25, -0.2) is 0 Å². The third-order valence-electron chi connectivity index (χ3n) is 0. The summed E-state index contributed by atoms with van der Waals surface area (Å²) in [4.78, 5) is 0. The van der Waals surface area contributed by atoms with E-state index in [9.17, 15) is 0 Å². The largest absolute Gasteiger partial charge is 0 e. The fourth-order valence-electron chi connectivity index (χ4n) is 0. The van der Waals surface area contributed by atoms with E-state index < -0.39 is 0 Å². The number of rotatable bonds is 0. The summed E-state index contributed by atoms with van der Waals surface area (Å²) in [5, 5.41) is 0. The smallest absolute Gasteiger partial charge is 0 e. The van der Waals surface area contributed by atoms with Gasteiger partial charge in [-0.3, -0.25) is 0 Å². The van der Waals surface area contributed by atoms with Crippen LogP contribution in [0.1, 0.15) is 0 Å². The van der Waals surface area contributed by atoms with E-state index in [4.69, 9.17) is 0 Å². The molecule has 0 unspecified atom stereocenters. The van der Waals surface area contributed by atoms with Crippen LogP contribution in [0.15, 0.2) is 0 Å². The monoisotopic (exact) mass is 528 g/mol. The molecule has 0 aliphatic rings. The molecular formula is H5AlFePbTh. The first-order chi connectivity index (χ1) is 0. The molecule has 24 valence electrons. The average Bonchev–Trinajstić information content (AvgIpc) is 0. The summed E-state index contributed by atoms with van der Waals surface area (Å²) in [7, 11) is 0. The average molecular weight is 527 g/mol. The van der Waals surface area contributed by atoms with Crippen LogP contribution in [0.4, 0.5) is 0 Å². The maximum absolute atomic E-state index is 0. The van der Waals surface area contributed by atoms with Gasteiger partial charge < -0.3 is 0 Å². The molecule has 0 N–H and O–H groups in total. The van der Waals surface area contributed by atoms with E-state index in [-0.39, 0.29) is 102 Å². The van der Waals surface area contributed by atoms with E-state index >= 15 is 0 Å². The first-order valence-corrected chi connectivity index (χ1v) is 0. The van der Waals surface area contributed by atoms with E-state index in [0.717, 1.165) is 0 Å². The molecule has 0 saturated carbocycles. The minimum absolute atomic E-state index is 0. The van der Waals surface area contributed by atoms with Crippen LogP contribution in [-0.2, 0) is 17.1 Å². The Balaban J connectivity index is 0. The third-order valence-corrected chi connectivity index (χ3v) is 0. The van der Waals surface area contributed by atoms with Crippen molar-refractivity contribution in [2.75, 3.05) is 0 Å². The molecule has 0 nitrogen and oxygen atoms in total.